The molecule has 0 aromatic carbocycles. The zero-order valence-electron chi connectivity index (χ0n) is 31.6. The van der Waals surface area contributed by atoms with E-state index in [1.54, 1.807) is 0 Å². The third kappa shape index (κ3) is 49.1. The van der Waals surface area contributed by atoms with Crippen molar-refractivity contribution in [2.75, 3.05) is 0 Å². The molecule has 0 bridgehead atoms. The molecule has 0 rings (SSSR count). The second-order valence-electron chi connectivity index (χ2n) is 14.4. The minimum atomic E-state index is 1.37. The predicted molar refractivity (Wildman–Crippen MR) is 203 cm³/mol. The van der Waals surface area contributed by atoms with Crippen molar-refractivity contribution in [2.45, 2.75) is 278 Å². The van der Waals surface area contributed by atoms with E-state index in [4.69, 9.17) is 0 Å². The maximum absolute atomic E-state index is 2.30. The fourth-order valence-corrected chi connectivity index (χ4v) is 6.48. The molecule has 0 saturated heterocycles. The summed E-state index contributed by atoms with van der Waals surface area (Å²) in [6.07, 6.45) is 57.3. The van der Waals surface area contributed by atoms with E-state index in [9.17, 15) is 0 Å². The molecule has 43 heavy (non-hydrogen) atoms. The lowest BCUT2D eigenvalue weighted by Gasteiger charge is -2.03. The minimum Gasteiger partial charge on any atom is -0.0654 e. The van der Waals surface area contributed by atoms with Crippen LogP contribution in [0.4, 0.5) is 0 Å². The Hall–Kier alpha value is 0. The molecular weight excluding hydrogens is 516 g/mol. The topological polar surface area (TPSA) is 0 Å². The number of unbranched alkanes of at least 4 members (excludes halogenated alkanes) is 37. The van der Waals surface area contributed by atoms with Crippen LogP contribution in [0.15, 0.2) is 0 Å². The zero-order valence-corrected chi connectivity index (χ0v) is 31.6. The number of rotatable bonds is 37. The first kappa shape index (κ1) is 45.1. The van der Waals surface area contributed by atoms with Gasteiger partial charge in [-0.25, -0.2) is 0 Å². The van der Waals surface area contributed by atoms with Gasteiger partial charge in [0.05, 0.1) is 0 Å². The quantitative estimate of drug-likeness (QED) is 0.0617. The van der Waals surface area contributed by atoms with Gasteiger partial charge in [0.1, 0.15) is 0 Å². The van der Waals surface area contributed by atoms with Gasteiger partial charge in [-0.05, 0) is 0 Å². The first-order chi connectivity index (χ1) is 21.3. The fraction of sp³-hybridized carbons (Fsp3) is 1.00. The molecule has 0 unspecified atom stereocenters. The van der Waals surface area contributed by atoms with Crippen LogP contribution in [0.3, 0.4) is 0 Å². The molecule has 0 N–H and O–H groups in total. The van der Waals surface area contributed by atoms with Crippen LogP contribution in [0.1, 0.15) is 278 Å². The molecular formula is C43H90. The lowest BCUT2D eigenvalue weighted by Crippen LogP contribution is -1.84. The Balaban J connectivity index is 0. The van der Waals surface area contributed by atoms with Gasteiger partial charge in [-0.2, -0.15) is 0 Å². The highest BCUT2D eigenvalue weighted by molar-refractivity contribution is 4.52. The molecule has 0 aliphatic heterocycles. The predicted octanol–water partition coefficient (Wildman–Crippen LogP) is 17.3. The van der Waals surface area contributed by atoms with Crippen LogP contribution in [0, 0.1) is 0 Å². The van der Waals surface area contributed by atoms with Crippen molar-refractivity contribution in [1.29, 1.82) is 0 Å². The van der Waals surface area contributed by atoms with Gasteiger partial charge in [-0.1, -0.05) is 278 Å². The van der Waals surface area contributed by atoms with Crippen molar-refractivity contribution < 1.29 is 0 Å². The number of hydrogen-bond acceptors (Lipinski definition) is 0. The molecule has 0 radical (unpaired) electrons. The molecule has 0 aromatic rings. The van der Waals surface area contributed by atoms with E-state index in [1.165, 1.54) is 250 Å². The normalized spacial score (nSPS) is 11.2. The van der Waals surface area contributed by atoms with Gasteiger partial charge in [0.15, 0.2) is 0 Å². The van der Waals surface area contributed by atoms with Gasteiger partial charge in [-0.15, -0.1) is 0 Å². The summed E-state index contributed by atoms with van der Waals surface area (Å²) in [5.74, 6) is 0. The Morgan fingerprint density at radius 1 is 0.116 bits per heavy atom. The van der Waals surface area contributed by atoms with E-state index < -0.39 is 0 Å². The summed E-state index contributed by atoms with van der Waals surface area (Å²) >= 11 is 0. The summed E-state index contributed by atoms with van der Waals surface area (Å²) < 4.78 is 0. The maximum Gasteiger partial charge on any atom is -0.0533 e. The maximum atomic E-state index is 2.30. The van der Waals surface area contributed by atoms with Crippen molar-refractivity contribution in [1.82, 2.24) is 0 Å². The van der Waals surface area contributed by atoms with Crippen molar-refractivity contribution in [3.05, 3.63) is 0 Å². The van der Waals surface area contributed by atoms with Gasteiger partial charge < -0.3 is 0 Å². The van der Waals surface area contributed by atoms with Gasteiger partial charge in [0.2, 0.25) is 0 Å². The Bertz CT molecular complexity index is 374. The molecule has 0 saturated carbocycles. The monoisotopic (exact) mass is 607 g/mol. The summed E-state index contributed by atoms with van der Waals surface area (Å²) in [6.45, 7) is 9.19. The molecule has 0 aliphatic rings. The lowest BCUT2D eigenvalue weighted by molar-refractivity contribution is 0.523. The summed E-state index contributed by atoms with van der Waals surface area (Å²) in [7, 11) is 0. The third-order valence-electron chi connectivity index (χ3n) is 9.66. The van der Waals surface area contributed by atoms with Crippen LogP contribution < -0.4 is 0 Å². The highest BCUT2D eigenvalue weighted by atomic mass is 14.0. The smallest absolute Gasteiger partial charge is 0.0533 e. The summed E-state index contributed by atoms with van der Waals surface area (Å²) in [5.41, 5.74) is 0. The first-order valence-electron chi connectivity index (χ1n) is 21.3. The minimum absolute atomic E-state index is 1.37. The summed E-state index contributed by atoms with van der Waals surface area (Å²) in [4.78, 5) is 0. The Kier molecular flexibility index (Phi) is 48.7. The highest BCUT2D eigenvalue weighted by Gasteiger charge is 1.96. The lowest BCUT2D eigenvalue weighted by atomic mass is 10.0. The standard InChI is InChI=1S/C22H46.C21H44/c1-3-5-7-9-11-13-15-17-19-21-22-20-18-16-14-12-10-8-6-4-2;1-3-5-7-9-11-13-15-17-19-21-20-18-16-14-12-10-8-6-4-2/h3-22H2,1-2H3;3-21H2,1-2H3. The molecule has 0 nitrogen and oxygen atoms in total. The van der Waals surface area contributed by atoms with Crippen LogP contribution in [0.2, 0.25) is 0 Å². The third-order valence-corrected chi connectivity index (χ3v) is 9.66. The average Bonchev–Trinajstić information content (AvgIpc) is 3.02. The largest absolute Gasteiger partial charge is 0.0654 e. The molecule has 0 amide bonds. The second-order valence-corrected chi connectivity index (χ2v) is 14.4. The van der Waals surface area contributed by atoms with Crippen molar-refractivity contribution in [3.8, 4) is 0 Å². The van der Waals surface area contributed by atoms with E-state index in [1.807, 2.05) is 0 Å². The second kappa shape index (κ2) is 46.4. The first-order valence-corrected chi connectivity index (χ1v) is 21.3. The van der Waals surface area contributed by atoms with Gasteiger partial charge in [-0.3, -0.25) is 0 Å². The number of hydrogen-bond donors (Lipinski definition) is 0. The zero-order chi connectivity index (χ0) is 31.6. The van der Waals surface area contributed by atoms with Crippen LogP contribution >= 0.6 is 0 Å². The van der Waals surface area contributed by atoms with Crippen LogP contribution in [0.5, 0.6) is 0 Å². The Labute approximate surface area is 277 Å². The molecule has 262 valence electrons. The molecule has 0 spiro atoms. The summed E-state index contributed by atoms with van der Waals surface area (Å²) in [5, 5.41) is 0. The Morgan fingerprint density at radius 2 is 0.186 bits per heavy atom. The molecule has 0 heterocycles. The molecule has 0 heteroatoms. The van der Waals surface area contributed by atoms with Gasteiger partial charge in [0, 0.05) is 0 Å². The highest BCUT2D eigenvalue weighted by Crippen LogP contribution is 2.16. The van der Waals surface area contributed by atoms with Crippen molar-refractivity contribution in [2.24, 2.45) is 0 Å². The molecule has 0 aromatic heterocycles. The SMILES string of the molecule is CCCCCCCCCCCCCCCCCCCCC.CCCCCCCCCCCCCCCCCCCCCC. The molecule has 0 atom stereocenters. The van der Waals surface area contributed by atoms with E-state index in [0.29, 0.717) is 0 Å². The van der Waals surface area contributed by atoms with Crippen LogP contribution in [-0.4, -0.2) is 0 Å². The van der Waals surface area contributed by atoms with Crippen molar-refractivity contribution >= 4 is 0 Å². The van der Waals surface area contributed by atoms with Crippen LogP contribution in [0.25, 0.3) is 0 Å². The van der Waals surface area contributed by atoms with E-state index in [2.05, 4.69) is 27.7 Å². The van der Waals surface area contributed by atoms with E-state index >= 15 is 0 Å². The molecule has 0 fully saturated rings. The van der Waals surface area contributed by atoms with Gasteiger partial charge >= 0.3 is 0 Å². The van der Waals surface area contributed by atoms with E-state index in [-0.39, 0.29) is 0 Å². The van der Waals surface area contributed by atoms with E-state index in [0.717, 1.165) is 0 Å². The Morgan fingerprint density at radius 3 is 0.256 bits per heavy atom. The van der Waals surface area contributed by atoms with Gasteiger partial charge in [0.25, 0.3) is 0 Å². The molecule has 0 aliphatic carbocycles. The summed E-state index contributed by atoms with van der Waals surface area (Å²) in [6, 6.07) is 0. The van der Waals surface area contributed by atoms with Crippen molar-refractivity contribution in [3.63, 3.8) is 0 Å². The van der Waals surface area contributed by atoms with Crippen LogP contribution in [-0.2, 0) is 0 Å². The fourth-order valence-electron chi connectivity index (χ4n) is 6.48. The average molecular weight is 607 g/mol.